The van der Waals surface area contributed by atoms with Gasteiger partial charge < -0.3 is 19.3 Å². The van der Waals surface area contributed by atoms with E-state index in [-0.39, 0.29) is 18.1 Å². The maximum absolute atomic E-state index is 9.75. The van der Waals surface area contributed by atoms with Crippen LogP contribution in [0.25, 0.3) is 0 Å². The Hall–Kier alpha value is -0.420. The molecule has 3 aliphatic rings. The fourth-order valence-corrected chi connectivity index (χ4v) is 3.21. The number of rotatable bonds is 6. The van der Waals surface area contributed by atoms with Crippen LogP contribution >= 0.6 is 0 Å². The summed E-state index contributed by atoms with van der Waals surface area (Å²) in [5.41, 5.74) is 1.29. The second kappa shape index (κ2) is 4.93. The van der Waals surface area contributed by atoms with Gasteiger partial charge in [0.25, 0.3) is 0 Å². The van der Waals surface area contributed by atoms with Crippen molar-refractivity contribution >= 4 is 0 Å². The van der Waals surface area contributed by atoms with Gasteiger partial charge >= 0.3 is 0 Å². The normalized spacial score (nSPS) is 42.4. The molecular weight excluding hydrogens is 232 g/mol. The van der Waals surface area contributed by atoms with Crippen LogP contribution < -0.4 is 0 Å². The number of hydrogen-bond acceptors (Lipinski definition) is 4. The molecule has 0 aromatic carbocycles. The average Bonchev–Trinajstić information content (AvgIpc) is 2.97. The molecule has 0 aromatic rings. The fourth-order valence-electron chi connectivity index (χ4n) is 3.21. The monoisotopic (exact) mass is 254 g/mol. The zero-order valence-electron chi connectivity index (χ0n) is 11.0. The molecule has 102 valence electrons. The molecule has 0 radical (unpaired) electrons. The Morgan fingerprint density at radius 3 is 3.17 bits per heavy atom. The van der Waals surface area contributed by atoms with E-state index in [0.29, 0.717) is 18.6 Å². The lowest BCUT2D eigenvalue weighted by molar-refractivity contribution is -0.152. The molecule has 6 atom stereocenters. The van der Waals surface area contributed by atoms with Crippen molar-refractivity contribution in [1.29, 1.82) is 0 Å². The zero-order chi connectivity index (χ0) is 12.7. The SMILES string of the molecule is CCC(C)COCOC1C2=CC3C(C2)C(O)OC13. The number of aliphatic hydroxyl groups is 1. The van der Waals surface area contributed by atoms with Crippen LogP contribution in [0.3, 0.4) is 0 Å². The van der Waals surface area contributed by atoms with Gasteiger partial charge in [-0.1, -0.05) is 26.3 Å². The van der Waals surface area contributed by atoms with E-state index >= 15 is 0 Å². The lowest BCUT2D eigenvalue weighted by Gasteiger charge is -2.26. The van der Waals surface area contributed by atoms with Crippen molar-refractivity contribution in [2.45, 2.75) is 45.2 Å². The van der Waals surface area contributed by atoms with Crippen molar-refractivity contribution in [3.05, 3.63) is 11.6 Å². The molecule has 18 heavy (non-hydrogen) atoms. The molecule has 0 spiro atoms. The summed E-state index contributed by atoms with van der Waals surface area (Å²) >= 11 is 0. The highest BCUT2D eigenvalue weighted by atomic mass is 16.7. The van der Waals surface area contributed by atoms with Crippen LogP contribution in [0.5, 0.6) is 0 Å². The Balaban J connectivity index is 1.46. The quantitative estimate of drug-likeness (QED) is 0.445. The van der Waals surface area contributed by atoms with Crippen molar-refractivity contribution in [1.82, 2.24) is 0 Å². The molecule has 1 fully saturated rings. The maximum Gasteiger partial charge on any atom is 0.158 e. The summed E-state index contributed by atoms with van der Waals surface area (Å²) in [7, 11) is 0. The van der Waals surface area contributed by atoms with Gasteiger partial charge in [-0.05, 0) is 17.9 Å². The number of aliphatic hydroxyl groups excluding tert-OH is 1. The van der Waals surface area contributed by atoms with E-state index in [1.165, 1.54) is 5.57 Å². The Morgan fingerprint density at radius 2 is 2.39 bits per heavy atom. The standard InChI is InChI=1S/C14H22O4/c1-3-8(2)6-16-7-17-12-9-4-10-11(5-9)14(15)18-13(10)12/h4,8,10-15H,3,5-7H2,1-2H3. The van der Waals surface area contributed by atoms with Crippen molar-refractivity contribution in [2.24, 2.45) is 17.8 Å². The molecule has 4 nitrogen and oxygen atoms in total. The van der Waals surface area contributed by atoms with Crippen LogP contribution in [0.4, 0.5) is 0 Å². The summed E-state index contributed by atoms with van der Waals surface area (Å²) in [6.07, 6.45) is 3.67. The second-order valence-electron chi connectivity index (χ2n) is 5.77. The molecular formula is C14H22O4. The first-order valence-corrected chi connectivity index (χ1v) is 6.94. The average molecular weight is 254 g/mol. The Bertz CT molecular complexity index is 341. The topological polar surface area (TPSA) is 47.9 Å². The van der Waals surface area contributed by atoms with E-state index in [9.17, 15) is 5.11 Å². The molecule has 1 aliphatic heterocycles. The van der Waals surface area contributed by atoms with E-state index in [1.54, 1.807) is 0 Å². The van der Waals surface area contributed by atoms with Gasteiger partial charge in [0.15, 0.2) is 6.29 Å². The van der Waals surface area contributed by atoms with E-state index < -0.39 is 6.29 Å². The molecule has 0 aromatic heterocycles. The molecule has 3 rings (SSSR count). The third-order valence-electron chi connectivity index (χ3n) is 4.51. The van der Waals surface area contributed by atoms with Crippen molar-refractivity contribution in [2.75, 3.05) is 13.4 Å². The van der Waals surface area contributed by atoms with E-state index in [4.69, 9.17) is 14.2 Å². The first-order valence-electron chi connectivity index (χ1n) is 6.94. The Kier molecular flexibility index (Phi) is 3.45. The van der Waals surface area contributed by atoms with Crippen LogP contribution in [0.1, 0.15) is 26.7 Å². The third-order valence-corrected chi connectivity index (χ3v) is 4.51. The molecule has 1 heterocycles. The van der Waals surface area contributed by atoms with Gasteiger partial charge in [0.1, 0.15) is 12.9 Å². The Labute approximate surface area is 108 Å². The summed E-state index contributed by atoms with van der Waals surface area (Å²) in [4.78, 5) is 0. The minimum absolute atomic E-state index is 0.000308. The van der Waals surface area contributed by atoms with Gasteiger partial charge in [0, 0.05) is 11.8 Å². The molecule has 0 saturated carbocycles. The van der Waals surface area contributed by atoms with Crippen LogP contribution in [-0.4, -0.2) is 37.0 Å². The molecule has 1 saturated heterocycles. The largest absolute Gasteiger partial charge is 0.368 e. The fraction of sp³-hybridized carbons (Fsp3) is 0.857. The summed E-state index contributed by atoms with van der Waals surface area (Å²) in [6.45, 7) is 5.38. The molecule has 2 aliphatic carbocycles. The highest BCUT2D eigenvalue weighted by Crippen LogP contribution is 2.52. The van der Waals surface area contributed by atoms with Crippen LogP contribution in [-0.2, 0) is 14.2 Å². The van der Waals surface area contributed by atoms with Gasteiger partial charge in [-0.15, -0.1) is 0 Å². The van der Waals surface area contributed by atoms with Crippen LogP contribution in [0, 0.1) is 17.8 Å². The van der Waals surface area contributed by atoms with E-state index in [2.05, 4.69) is 19.9 Å². The smallest absolute Gasteiger partial charge is 0.158 e. The predicted octanol–water partition coefficient (Wildman–Crippen LogP) is 1.69. The summed E-state index contributed by atoms with van der Waals surface area (Å²) in [5, 5.41) is 9.75. The van der Waals surface area contributed by atoms with Gasteiger partial charge in [0.05, 0.1) is 12.7 Å². The number of ether oxygens (including phenoxy) is 3. The molecule has 6 unspecified atom stereocenters. The van der Waals surface area contributed by atoms with E-state index in [1.807, 2.05) is 0 Å². The minimum Gasteiger partial charge on any atom is -0.368 e. The van der Waals surface area contributed by atoms with Crippen molar-refractivity contribution in [3.8, 4) is 0 Å². The lowest BCUT2D eigenvalue weighted by atomic mass is 9.86. The highest BCUT2D eigenvalue weighted by molar-refractivity contribution is 5.31. The highest BCUT2D eigenvalue weighted by Gasteiger charge is 2.56. The third kappa shape index (κ3) is 2.01. The minimum atomic E-state index is -0.608. The molecule has 4 heteroatoms. The van der Waals surface area contributed by atoms with Gasteiger partial charge in [-0.25, -0.2) is 0 Å². The summed E-state index contributed by atoms with van der Waals surface area (Å²) < 4.78 is 16.9. The van der Waals surface area contributed by atoms with Gasteiger partial charge in [-0.3, -0.25) is 0 Å². The predicted molar refractivity (Wildman–Crippen MR) is 65.7 cm³/mol. The van der Waals surface area contributed by atoms with Gasteiger partial charge in [0.2, 0.25) is 0 Å². The summed E-state index contributed by atoms with van der Waals surface area (Å²) in [5.74, 6) is 1.20. The van der Waals surface area contributed by atoms with Crippen LogP contribution in [0.2, 0.25) is 0 Å². The molecule has 0 amide bonds. The lowest BCUT2D eigenvalue weighted by Crippen LogP contribution is -2.34. The number of hydrogen-bond donors (Lipinski definition) is 1. The summed E-state index contributed by atoms with van der Waals surface area (Å²) in [6, 6.07) is 0. The zero-order valence-corrected chi connectivity index (χ0v) is 11.0. The van der Waals surface area contributed by atoms with Crippen molar-refractivity contribution < 1.29 is 19.3 Å². The van der Waals surface area contributed by atoms with Crippen LogP contribution in [0.15, 0.2) is 11.6 Å². The maximum atomic E-state index is 9.75. The Morgan fingerprint density at radius 1 is 1.56 bits per heavy atom. The van der Waals surface area contributed by atoms with Crippen molar-refractivity contribution in [3.63, 3.8) is 0 Å². The second-order valence-corrected chi connectivity index (χ2v) is 5.77. The van der Waals surface area contributed by atoms with Gasteiger partial charge in [-0.2, -0.15) is 0 Å². The molecule has 2 bridgehead atoms. The first-order chi connectivity index (χ1) is 8.70. The molecule has 1 N–H and O–H groups in total. The van der Waals surface area contributed by atoms with E-state index in [0.717, 1.165) is 19.4 Å². The first kappa shape index (κ1) is 12.6.